The van der Waals surface area contributed by atoms with Gasteiger partial charge in [0.05, 0.1) is 4.92 Å². The molecule has 2 atom stereocenters. The molecule has 100 valence electrons. The number of anilines is 1. The van der Waals surface area contributed by atoms with Crippen molar-refractivity contribution in [3.8, 4) is 6.07 Å². The van der Waals surface area contributed by atoms with Gasteiger partial charge in [0.15, 0.2) is 0 Å². The van der Waals surface area contributed by atoms with E-state index >= 15 is 0 Å². The lowest BCUT2D eigenvalue weighted by atomic mass is 10.0. The molecule has 0 radical (unpaired) electrons. The molecular formula is C12H15N5O2. The van der Waals surface area contributed by atoms with Crippen molar-refractivity contribution >= 4 is 11.5 Å². The molecule has 2 unspecified atom stereocenters. The van der Waals surface area contributed by atoms with Crippen LogP contribution >= 0.6 is 0 Å². The number of nitrogens with zero attached hydrogens (tertiary/aromatic N) is 3. The van der Waals surface area contributed by atoms with Crippen LogP contribution in [-0.4, -0.2) is 28.5 Å². The summed E-state index contributed by atoms with van der Waals surface area (Å²) in [5.41, 5.74) is -0.208. The second kappa shape index (κ2) is 5.63. The normalized spacial score (nSPS) is 22.5. The summed E-state index contributed by atoms with van der Waals surface area (Å²) < 4.78 is 0. The van der Waals surface area contributed by atoms with Crippen LogP contribution in [-0.2, 0) is 0 Å². The number of hydrogen-bond acceptors (Lipinski definition) is 6. The first kappa shape index (κ1) is 13.2. The maximum Gasteiger partial charge on any atom is 0.328 e. The van der Waals surface area contributed by atoms with E-state index in [0.29, 0.717) is 6.04 Å². The van der Waals surface area contributed by atoms with Crippen molar-refractivity contribution in [1.29, 1.82) is 5.26 Å². The third kappa shape index (κ3) is 2.98. The second-order valence-electron chi connectivity index (χ2n) is 4.65. The average molecular weight is 261 g/mol. The number of hydrogen-bond donors (Lipinski definition) is 2. The lowest BCUT2D eigenvalue weighted by Gasteiger charge is -2.28. The smallest absolute Gasteiger partial charge is 0.328 e. The quantitative estimate of drug-likeness (QED) is 0.629. The summed E-state index contributed by atoms with van der Waals surface area (Å²) in [5, 5.41) is 26.4. The number of aromatic nitrogens is 1. The van der Waals surface area contributed by atoms with Crippen LogP contribution in [0.5, 0.6) is 0 Å². The lowest BCUT2D eigenvalue weighted by Crippen LogP contribution is -2.41. The molecule has 7 nitrogen and oxygen atoms in total. The molecule has 1 aliphatic rings. The molecular weight excluding hydrogens is 246 g/mol. The molecule has 1 aromatic heterocycles. The van der Waals surface area contributed by atoms with Crippen molar-refractivity contribution in [2.24, 2.45) is 0 Å². The van der Waals surface area contributed by atoms with Crippen LogP contribution in [0.3, 0.4) is 0 Å². The number of nitriles is 1. The first-order valence-electron chi connectivity index (χ1n) is 6.15. The van der Waals surface area contributed by atoms with Crippen LogP contribution in [0.4, 0.5) is 11.5 Å². The zero-order chi connectivity index (χ0) is 13.8. The van der Waals surface area contributed by atoms with Crippen LogP contribution in [0.1, 0.15) is 25.3 Å². The number of nitro groups is 1. The van der Waals surface area contributed by atoms with Crippen LogP contribution in [0.25, 0.3) is 0 Å². The van der Waals surface area contributed by atoms with Gasteiger partial charge in [0, 0.05) is 18.3 Å². The molecule has 1 fully saturated rings. The van der Waals surface area contributed by atoms with E-state index in [0.717, 1.165) is 19.4 Å². The fraction of sp³-hybridized carbons (Fsp3) is 0.500. The van der Waals surface area contributed by atoms with Crippen LogP contribution in [0.15, 0.2) is 12.3 Å². The highest BCUT2D eigenvalue weighted by atomic mass is 16.6. The number of piperidine rings is 1. The predicted octanol–water partition coefficient (Wildman–Crippen LogP) is 1.41. The van der Waals surface area contributed by atoms with Gasteiger partial charge < -0.3 is 10.6 Å². The topological polar surface area (TPSA) is 104 Å². The van der Waals surface area contributed by atoms with Gasteiger partial charge in [0.25, 0.3) is 0 Å². The van der Waals surface area contributed by atoms with E-state index in [4.69, 9.17) is 5.26 Å². The van der Waals surface area contributed by atoms with Crippen molar-refractivity contribution in [3.05, 3.63) is 27.9 Å². The number of nitrogens with one attached hydrogen (secondary N) is 2. The Balaban J connectivity index is 2.25. The Labute approximate surface area is 110 Å². The highest BCUT2D eigenvalue weighted by Gasteiger charge is 2.25. The number of pyridine rings is 1. The maximum absolute atomic E-state index is 11.1. The van der Waals surface area contributed by atoms with Gasteiger partial charge in [-0.25, -0.2) is 4.98 Å². The molecule has 2 rings (SSSR count). The van der Waals surface area contributed by atoms with Gasteiger partial charge in [-0.2, -0.15) is 5.26 Å². The molecule has 0 aliphatic carbocycles. The van der Waals surface area contributed by atoms with E-state index in [-0.39, 0.29) is 23.1 Å². The van der Waals surface area contributed by atoms with E-state index in [1.54, 1.807) is 0 Å². The van der Waals surface area contributed by atoms with Crippen molar-refractivity contribution in [2.75, 3.05) is 11.9 Å². The Morgan fingerprint density at radius 2 is 2.47 bits per heavy atom. The summed E-state index contributed by atoms with van der Waals surface area (Å²) in [6.07, 6.45) is 3.16. The van der Waals surface area contributed by atoms with Gasteiger partial charge in [-0.15, -0.1) is 0 Å². The molecule has 0 aromatic carbocycles. The van der Waals surface area contributed by atoms with Gasteiger partial charge in [0.1, 0.15) is 11.6 Å². The van der Waals surface area contributed by atoms with Crippen molar-refractivity contribution in [1.82, 2.24) is 10.3 Å². The summed E-state index contributed by atoms with van der Waals surface area (Å²) in [6.45, 7) is 2.94. The summed E-state index contributed by atoms with van der Waals surface area (Å²) in [7, 11) is 0. The lowest BCUT2D eigenvalue weighted by molar-refractivity contribution is -0.384. The molecule has 1 aromatic rings. The van der Waals surface area contributed by atoms with Crippen molar-refractivity contribution in [2.45, 2.75) is 31.8 Å². The Kier molecular flexibility index (Phi) is 3.92. The summed E-state index contributed by atoms with van der Waals surface area (Å²) >= 11 is 0. The molecule has 7 heteroatoms. The summed E-state index contributed by atoms with van der Waals surface area (Å²) in [5.74, 6) is 0.183. The predicted molar refractivity (Wildman–Crippen MR) is 69.7 cm³/mol. The summed E-state index contributed by atoms with van der Waals surface area (Å²) in [6, 6.07) is 3.69. The molecule has 0 amide bonds. The Morgan fingerprint density at radius 3 is 3.11 bits per heavy atom. The molecule has 0 bridgehead atoms. The Hall–Kier alpha value is -2.20. The third-order valence-electron chi connectivity index (χ3n) is 3.19. The second-order valence-corrected chi connectivity index (χ2v) is 4.65. The Morgan fingerprint density at radius 1 is 1.68 bits per heavy atom. The SMILES string of the molecule is CC1CC(Nc2nccc(C#N)c2[N+](=O)[O-])CCN1. The fourth-order valence-corrected chi connectivity index (χ4v) is 2.29. The van der Waals surface area contributed by atoms with Gasteiger partial charge in [-0.05, 0) is 32.4 Å². The van der Waals surface area contributed by atoms with Gasteiger partial charge in [0.2, 0.25) is 5.82 Å². The van der Waals surface area contributed by atoms with E-state index in [1.807, 2.05) is 6.07 Å². The van der Waals surface area contributed by atoms with E-state index in [1.165, 1.54) is 12.3 Å². The highest BCUT2D eigenvalue weighted by molar-refractivity contribution is 5.64. The monoisotopic (exact) mass is 261 g/mol. The standard InChI is InChI=1S/C12H15N5O2/c1-8-6-10(3-5-14-8)16-12-11(17(18)19)9(7-13)2-4-15-12/h2,4,8,10,14H,3,5-6H2,1H3,(H,15,16). The molecule has 1 aliphatic heterocycles. The van der Waals surface area contributed by atoms with E-state index in [2.05, 4.69) is 22.5 Å². The molecule has 19 heavy (non-hydrogen) atoms. The average Bonchev–Trinajstić information content (AvgIpc) is 2.38. The highest BCUT2D eigenvalue weighted by Crippen LogP contribution is 2.27. The Bertz CT molecular complexity index is 525. The maximum atomic E-state index is 11.1. The first-order chi connectivity index (χ1) is 9.11. The molecule has 0 saturated carbocycles. The van der Waals surface area contributed by atoms with Gasteiger partial charge in [-0.3, -0.25) is 10.1 Å². The van der Waals surface area contributed by atoms with Crippen molar-refractivity contribution in [3.63, 3.8) is 0 Å². The van der Waals surface area contributed by atoms with Gasteiger partial charge in [-0.1, -0.05) is 0 Å². The first-order valence-corrected chi connectivity index (χ1v) is 6.15. The van der Waals surface area contributed by atoms with Crippen molar-refractivity contribution < 1.29 is 4.92 Å². The van der Waals surface area contributed by atoms with Gasteiger partial charge >= 0.3 is 5.69 Å². The minimum Gasteiger partial charge on any atom is -0.361 e. The largest absolute Gasteiger partial charge is 0.361 e. The molecule has 1 saturated heterocycles. The fourth-order valence-electron chi connectivity index (χ4n) is 2.29. The van der Waals surface area contributed by atoms with Crippen LogP contribution in [0, 0.1) is 21.4 Å². The number of rotatable bonds is 3. The third-order valence-corrected chi connectivity index (χ3v) is 3.19. The molecule has 2 N–H and O–H groups in total. The zero-order valence-corrected chi connectivity index (χ0v) is 10.6. The minimum atomic E-state index is -0.557. The summed E-state index contributed by atoms with van der Waals surface area (Å²) in [4.78, 5) is 14.5. The molecule has 0 spiro atoms. The van der Waals surface area contributed by atoms with Crippen LogP contribution < -0.4 is 10.6 Å². The minimum absolute atomic E-state index is 0.0319. The molecule has 2 heterocycles. The van der Waals surface area contributed by atoms with Crippen LogP contribution in [0.2, 0.25) is 0 Å². The zero-order valence-electron chi connectivity index (χ0n) is 10.6. The van der Waals surface area contributed by atoms with E-state index in [9.17, 15) is 10.1 Å². The van der Waals surface area contributed by atoms with E-state index < -0.39 is 4.92 Å².